The molecule has 0 aliphatic heterocycles. The average molecular weight is 350 g/mol. The number of methoxy groups -OCH3 is 1. The number of alkyl carbamates (subject to hydrolysis) is 1. The zero-order valence-electron chi connectivity index (χ0n) is 16.3. The molecule has 0 aliphatic carbocycles. The summed E-state index contributed by atoms with van der Waals surface area (Å²) in [5, 5.41) is 5.38. The lowest BCUT2D eigenvalue weighted by Gasteiger charge is -2.21. The molecule has 2 amide bonds. The molecule has 6 nitrogen and oxygen atoms in total. The summed E-state index contributed by atoms with van der Waals surface area (Å²) in [5.74, 6) is 0.277. The monoisotopic (exact) mass is 350 g/mol. The molecule has 0 atom stereocenters. The Labute approximate surface area is 150 Å². The van der Waals surface area contributed by atoms with Crippen molar-refractivity contribution in [3.8, 4) is 5.75 Å². The lowest BCUT2D eigenvalue weighted by atomic mass is 9.86. The molecule has 1 aromatic rings. The average Bonchev–Trinajstić information content (AvgIpc) is 2.48. The predicted molar refractivity (Wildman–Crippen MR) is 98.3 cm³/mol. The normalized spacial score (nSPS) is 11.6. The lowest BCUT2D eigenvalue weighted by molar-refractivity contribution is 0.0526. The highest BCUT2D eigenvalue weighted by molar-refractivity contribution is 5.97. The number of rotatable bonds is 5. The van der Waals surface area contributed by atoms with Crippen molar-refractivity contribution in [2.45, 2.75) is 52.6 Å². The Morgan fingerprint density at radius 3 is 2.12 bits per heavy atom. The first-order chi connectivity index (χ1) is 11.4. The molecule has 0 fully saturated rings. The van der Waals surface area contributed by atoms with Crippen LogP contribution in [0.15, 0.2) is 18.2 Å². The highest BCUT2D eigenvalue weighted by atomic mass is 16.6. The summed E-state index contributed by atoms with van der Waals surface area (Å²) >= 11 is 0. The van der Waals surface area contributed by atoms with Gasteiger partial charge in [-0.1, -0.05) is 26.8 Å². The van der Waals surface area contributed by atoms with Crippen LogP contribution in [-0.4, -0.2) is 37.8 Å². The number of carbonyl (C=O) groups excluding carboxylic acids is 2. The molecule has 0 bridgehead atoms. The molecule has 0 heterocycles. The minimum Gasteiger partial charge on any atom is -0.496 e. The van der Waals surface area contributed by atoms with Crippen molar-refractivity contribution in [3.05, 3.63) is 29.3 Å². The maximum atomic E-state index is 12.4. The summed E-state index contributed by atoms with van der Waals surface area (Å²) in [6.45, 7) is 12.2. The maximum absolute atomic E-state index is 12.4. The smallest absolute Gasteiger partial charge is 0.407 e. The highest BCUT2D eigenvalue weighted by Crippen LogP contribution is 2.27. The standard InChI is InChI=1S/C19H30N2O4/c1-18(2,3)13-8-9-15(24-7)14(12-13)16(22)20-10-11-21-17(23)25-19(4,5)6/h8-9,12H,10-11H2,1-7H3,(H,20,22)(H,21,23). The lowest BCUT2D eigenvalue weighted by Crippen LogP contribution is -2.38. The number of ether oxygens (including phenoxy) is 2. The van der Waals surface area contributed by atoms with Gasteiger partial charge in [-0.2, -0.15) is 0 Å². The van der Waals surface area contributed by atoms with E-state index in [-0.39, 0.29) is 17.9 Å². The first-order valence-electron chi connectivity index (χ1n) is 8.37. The quantitative estimate of drug-likeness (QED) is 0.799. The van der Waals surface area contributed by atoms with Crippen LogP contribution in [0, 0.1) is 0 Å². The molecule has 2 N–H and O–H groups in total. The van der Waals surface area contributed by atoms with Gasteiger partial charge in [0.2, 0.25) is 0 Å². The van der Waals surface area contributed by atoms with Crippen LogP contribution >= 0.6 is 0 Å². The molecule has 1 rings (SSSR count). The van der Waals surface area contributed by atoms with E-state index < -0.39 is 11.7 Å². The summed E-state index contributed by atoms with van der Waals surface area (Å²) in [7, 11) is 1.53. The summed E-state index contributed by atoms with van der Waals surface area (Å²) in [6, 6.07) is 5.60. The highest BCUT2D eigenvalue weighted by Gasteiger charge is 2.19. The third kappa shape index (κ3) is 7.03. The molecule has 0 unspecified atom stereocenters. The molecule has 0 radical (unpaired) electrons. The van der Waals surface area contributed by atoms with Gasteiger partial charge < -0.3 is 20.1 Å². The summed E-state index contributed by atoms with van der Waals surface area (Å²) in [6.07, 6.45) is -0.506. The molecule has 140 valence electrons. The van der Waals surface area contributed by atoms with E-state index in [4.69, 9.17) is 9.47 Å². The van der Waals surface area contributed by atoms with Crippen LogP contribution < -0.4 is 15.4 Å². The number of nitrogens with one attached hydrogen (secondary N) is 2. The van der Waals surface area contributed by atoms with Crippen molar-refractivity contribution in [3.63, 3.8) is 0 Å². The third-order valence-electron chi connectivity index (χ3n) is 3.39. The number of carbonyl (C=O) groups is 2. The summed E-state index contributed by atoms with van der Waals surface area (Å²) < 4.78 is 10.4. The van der Waals surface area contributed by atoms with Gasteiger partial charge >= 0.3 is 6.09 Å². The van der Waals surface area contributed by atoms with Crippen LogP contribution in [0.4, 0.5) is 4.79 Å². The molecule has 1 aromatic carbocycles. The summed E-state index contributed by atoms with van der Waals surface area (Å²) in [5.41, 5.74) is 0.908. The Morgan fingerprint density at radius 1 is 1.00 bits per heavy atom. The Morgan fingerprint density at radius 2 is 1.60 bits per heavy atom. The Balaban J connectivity index is 2.64. The molecule has 0 spiro atoms. The molecule has 0 aromatic heterocycles. The van der Waals surface area contributed by atoms with Crippen molar-refractivity contribution in [1.29, 1.82) is 0 Å². The van der Waals surface area contributed by atoms with Gasteiger partial charge in [0.1, 0.15) is 11.4 Å². The van der Waals surface area contributed by atoms with Crippen LogP contribution in [0.1, 0.15) is 57.5 Å². The van der Waals surface area contributed by atoms with Gasteiger partial charge in [-0.05, 0) is 43.9 Å². The van der Waals surface area contributed by atoms with Gasteiger partial charge in [0.25, 0.3) is 5.91 Å². The van der Waals surface area contributed by atoms with Gasteiger partial charge in [-0.3, -0.25) is 4.79 Å². The first-order valence-corrected chi connectivity index (χ1v) is 8.37. The molecule has 0 saturated carbocycles. The fourth-order valence-corrected chi connectivity index (χ4v) is 2.10. The van der Waals surface area contributed by atoms with Crippen molar-refractivity contribution < 1.29 is 19.1 Å². The van der Waals surface area contributed by atoms with Crippen LogP contribution in [0.2, 0.25) is 0 Å². The van der Waals surface area contributed by atoms with Crippen LogP contribution in [-0.2, 0) is 10.2 Å². The van der Waals surface area contributed by atoms with Crippen LogP contribution in [0.25, 0.3) is 0 Å². The van der Waals surface area contributed by atoms with Gasteiger partial charge in [0.05, 0.1) is 12.7 Å². The second-order valence-corrected chi connectivity index (χ2v) is 7.85. The van der Waals surface area contributed by atoms with Crippen LogP contribution in [0.5, 0.6) is 5.75 Å². The molecular formula is C19H30N2O4. The predicted octanol–water partition coefficient (Wildman–Crippen LogP) is 3.25. The largest absolute Gasteiger partial charge is 0.496 e. The fraction of sp³-hybridized carbons (Fsp3) is 0.579. The molecular weight excluding hydrogens is 320 g/mol. The Kier molecular flexibility index (Phi) is 6.85. The molecule has 0 aliphatic rings. The topological polar surface area (TPSA) is 76.7 Å². The number of amides is 2. The number of hydrogen-bond donors (Lipinski definition) is 2. The first kappa shape index (κ1) is 20.8. The third-order valence-corrected chi connectivity index (χ3v) is 3.39. The van der Waals surface area contributed by atoms with Gasteiger partial charge in [-0.15, -0.1) is 0 Å². The van der Waals surface area contributed by atoms with Gasteiger partial charge in [0.15, 0.2) is 0 Å². The second kappa shape index (κ2) is 8.23. The molecule has 25 heavy (non-hydrogen) atoms. The molecule has 0 saturated heterocycles. The van der Waals surface area contributed by atoms with Crippen molar-refractivity contribution in [2.24, 2.45) is 0 Å². The van der Waals surface area contributed by atoms with Gasteiger partial charge in [0, 0.05) is 13.1 Å². The zero-order chi connectivity index (χ0) is 19.3. The molecule has 6 heteroatoms. The Bertz CT molecular complexity index is 613. The minimum absolute atomic E-state index is 0.0699. The Hall–Kier alpha value is -2.24. The van der Waals surface area contributed by atoms with E-state index in [1.165, 1.54) is 7.11 Å². The van der Waals surface area contributed by atoms with Crippen molar-refractivity contribution in [1.82, 2.24) is 10.6 Å². The second-order valence-electron chi connectivity index (χ2n) is 7.85. The zero-order valence-corrected chi connectivity index (χ0v) is 16.3. The number of hydrogen-bond acceptors (Lipinski definition) is 4. The van der Waals surface area contributed by atoms with E-state index in [1.54, 1.807) is 26.8 Å². The van der Waals surface area contributed by atoms with Crippen LogP contribution in [0.3, 0.4) is 0 Å². The van der Waals surface area contributed by atoms with Crippen molar-refractivity contribution in [2.75, 3.05) is 20.2 Å². The van der Waals surface area contributed by atoms with Crippen molar-refractivity contribution >= 4 is 12.0 Å². The fourth-order valence-electron chi connectivity index (χ4n) is 2.10. The van der Waals surface area contributed by atoms with E-state index in [0.29, 0.717) is 17.9 Å². The maximum Gasteiger partial charge on any atom is 0.407 e. The van der Waals surface area contributed by atoms with E-state index in [2.05, 4.69) is 31.4 Å². The SMILES string of the molecule is COc1ccc(C(C)(C)C)cc1C(=O)NCCNC(=O)OC(C)(C)C. The van der Waals surface area contributed by atoms with Gasteiger partial charge in [-0.25, -0.2) is 4.79 Å². The number of benzene rings is 1. The van der Waals surface area contributed by atoms with E-state index in [9.17, 15) is 9.59 Å². The van der Waals surface area contributed by atoms with E-state index in [1.807, 2.05) is 12.1 Å². The summed E-state index contributed by atoms with van der Waals surface area (Å²) in [4.78, 5) is 24.0. The van der Waals surface area contributed by atoms with E-state index >= 15 is 0 Å². The van der Waals surface area contributed by atoms with E-state index in [0.717, 1.165) is 5.56 Å². The minimum atomic E-state index is -0.548.